The molecule has 3 aliphatic heterocycles. The fourth-order valence-corrected chi connectivity index (χ4v) is 14.3. The number of pyridine rings is 3. The molecule has 3 saturated heterocycles. The van der Waals surface area contributed by atoms with Crippen molar-refractivity contribution in [3.63, 3.8) is 0 Å². The van der Waals surface area contributed by atoms with E-state index in [4.69, 9.17) is 34.6 Å². The van der Waals surface area contributed by atoms with Crippen LogP contribution >= 0.6 is 11.6 Å². The Morgan fingerprint density at radius 3 is 1.20 bits per heavy atom. The van der Waals surface area contributed by atoms with Crippen LogP contribution in [0.15, 0.2) is 139 Å². The highest BCUT2D eigenvalue weighted by Crippen LogP contribution is 2.36. The second-order valence-corrected chi connectivity index (χ2v) is 28.6. The van der Waals surface area contributed by atoms with Crippen LogP contribution in [0.3, 0.4) is 0 Å². The first-order chi connectivity index (χ1) is 52.3. The van der Waals surface area contributed by atoms with Crippen LogP contribution in [-0.2, 0) is 33.8 Å². The summed E-state index contributed by atoms with van der Waals surface area (Å²) in [7, 11) is 7.82. The summed E-state index contributed by atoms with van der Waals surface area (Å²) in [4.78, 5) is 134. The maximum Gasteiger partial charge on any atom is 0.345 e. The van der Waals surface area contributed by atoms with Crippen LogP contribution in [0.2, 0.25) is 5.02 Å². The van der Waals surface area contributed by atoms with Crippen LogP contribution in [0, 0.1) is 25.6 Å². The summed E-state index contributed by atoms with van der Waals surface area (Å²) in [5, 5.41) is 2.87. The van der Waals surface area contributed by atoms with Gasteiger partial charge in [0.2, 0.25) is 0 Å². The molecule has 12 rings (SSSR count). The Balaban J connectivity index is 0.000000174. The average molecular weight is 1520 g/mol. The second-order valence-electron chi connectivity index (χ2n) is 28.2. The third-order valence-electron chi connectivity index (χ3n) is 19.6. The summed E-state index contributed by atoms with van der Waals surface area (Å²) in [5.41, 5.74) is 5.43. The Bertz CT molecular complexity index is 4910. The number of anilines is 3. The molecule has 0 saturated carbocycles. The van der Waals surface area contributed by atoms with Gasteiger partial charge in [0.1, 0.15) is 22.5 Å². The molecular weight excluding hydrogens is 1420 g/mol. The topological polar surface area (TPSA) is 248 Å². The average Bonchev–Trinajstić information content (AvgIpc) is 1.10. The maximum absolute atomic E-state index is 13.8. The molecule has 0 radical (unpaired) electrons. The van der Waals surface area contributed by atoms with E-state index in [0.717, 1.165) is 58.7 Å². The van der Waals surface area contributed by atoms with E-state index in [1.54, 1.807) is 85.6 Å². The number of ether oxygens (including phenoxy) is 3. The molecule has 0 aliphatic carbocycles. The van der Waals surface area contributed by atoms with Crippen molar-refractivity contribution in [2.75, 3.05) is 154 Å². The Labute approximate surface area is 638 Å². The molecule has 0 unspecified atom stereocenters. The molecule has 5 aromatic heterocycles. The zero-order chi connectivity index (χ0) is 78.3. The third-order valence-corrected chi connectivity index (χ3v) is 19.8. The highest BCUT2D eigenvalue weighted by atomic mass is 35.5. The van der Waals surface area contributed by atoms with Crippen molar-refractivity contribution in [2.45, 2.75) is 87.4 Å². The normalized spacial score (nSPS) is 14.0. The van der Waals surface area contributed by atoms with Crippen molar-refractivity contribution in [3.05, 3.63) is 202 Å². The zero-order valence-electron chi connectivity index (χ0n) is 64.2. The first kappa shape index (κ1) is 81.0. The standard InChI is InChI=1S/C29H35FN4O4.C28H35N3O5.C25H29ClN4O5/c1-5-38-29(37)25-26(32-15-17-33(18-16-32)27(35)21-8-10-22(30)11-9-21)23-19-20(2)7-12-24(23)34(28(25)36)14-6-13-31(3)4;1-5-35-28(34)24-25(29-13-15-30(16-14-29)26(32)23-9-7-17-36-23)21-18-20(4)10-11-22(21)31(27(24)33)12-6-8-19(2)3;1-4-34-25(33)21-22(28-10-12-29(13-11-28)23(31)20-6-5-15-35-20)18-16-17(26)7-8-19(18)30(24(21)32)14-9-27(2)3/h7-12,19H,5-6,13-18H2,1-4H3;7,9-11,17-19H,5-6,8,12-16H2,1-4H3;5-8,15-16H,4,9-14H2,1-3H3. The minimum absolute atomic E-state index is 0.00816. The Morgan fingerprint density at radius 2 is 0.835 bits per heavy atom. The highest BCUT2D eigenvalue weighted by Gasteiger charge is 2.35. The van der Waals surface area contributed by atoms with Gasteiger partial charge in [0, 0.05) is 131 Å². The van der Waals surface area contributed by atoms with Crippen molar-refractivity contribution >= 4 is 97.0 Å². The summed E-state index contributed by atoms with van der Waals surface area (Å²) in [6, 6.07) is 29.4. The van der Waals surface area contributed by atoms with Crippen LogP contribution in [-0.4, -0.2) is 213 Å². The summed E-state index contributed by atoms with van der Waals surface area (Å²) in [6.45, 7) is 22.0. The van der Waals surface area contributed by atoms with E-state index >= 15 is 0 Å². The lowest BCUT2D eigenvalue weighted by atomic mass is 10.0. The van der Waals surface area contributed by atoms with Crippen LogP contribution in [0.1, 0.15) is 128 Å². The number of esters is 3. The van der Waals surface area contributed by atoms with Crippen molar-refractivity contribution in [2.24, 2.45) is 5.92 Å². The van der Waals surface area contributed by atoms with E-state index in [0.29, 0.717) is 155 Å². The van der Waals surface area contributed by atoms with E-state index in [2.05, 4.69) is 18.7 Å². The van der Waals surface area contributed by atoms with Gasteiger partial charge in [-0.05, 0) is 186 Å². The monoisotopic (exact) mass is 1520 g/mol. The van der Waals surface area contributed by atoms with Crippen LogP contribution in [0.4, 0.5) is 21.5 Å². The SMILES string of the molecule is CCOC(=O)c1c(N2CCN(C(=O)c3ccc(F)cc3)CC2)c2cc(C)ccc2n(CCCN(C)C)c1=O.CCOC(=O)c1c(N2CCN(C(=O)c3ccco3)CC2)c2cc(C)ccc2n(CCCC(C)C)c1=O.CCOC(=O)c1c(N2CCN(C(=O)c3ccco3)CC2)c2cc(Cl)ccc2n(CCN(C)C)c1=O. The number of hydrogen-bond acceptors (Lipinski definition) is 19. The highest BCUT2D eigenvalue weighted by molar-refractivity contribution is 6.31. The van der Waals surface area contributed by atoms with Crippen molar-refractivity contribution in [1.82, 2.24) is 38.2 Å². The third kappa shape index (κ3) is 18.9. The number of hydrogen-bond donors (Lipinski definition) is 0. The second kappa shape index (κ2) is 37.0. The molecule has 9 aromatic rings. The van der Waals surface area contributed by atoms with Gasteiger partial charge >= 0.3 is 17.9 Å². The van der Waals surface area contributed by atoms with Crippen LogP contribution in [0.25, 0.3) is 32.7 Å². The lowest BCUT2D eigenvalue weighted by Crippen LogP contribution is -2.49. The smallest absolute Gasteiger partial charge is 0.345 e. The molecule has 109 heavy (non-hydrogen) atoms. The number of likely N-dealkylation sites (N-methyl/N-ethyl adjacent to an activating group) is 1. The van der Waals surface area contributed by atoms with E-state index in [1.165, 1.54) is 36.8 Å². The predicted molar refractivity (Wildman–Crippen MR) is 421 cm³/mol. The lowest BCUT2D eigenvalue weighted by molar-refractivity contribution is 0.0514. The molecule has 0 bridgehead atoms. The number of furan rings is 2. The largest absolute Gasteiger partial charge is 0.462 e. The molecular formula is C82H99ClFN11O14. The number of benzene rings is 4. The number of amides is 3. The van der Waals surface area contributed by atoms with Gasteiger partial charge in [-0.15, -0.1) is 0 Å². The maximum atomic E-state index is 13.8. The van der Waals surface area contributed by atoms with Gasteiger partial charge in [0.05, 0.1) is 66.0 Å². The fraction of sp³-hybridized carbons (Fsp3) is 0.427. The first-order valence-corrected chi connectivity index (χ1v) is 37.7. The molecule has 25 nitrogen and oxygen atoms in total. The van der Waals surface area contributed by atoms with Gasteiger partial charge in [-0.25, -0.2) is 18.8 Å². The number of halogens is 2. The summed E-state index contributed by atoms with van der Waals surface area (Å²) < 4.78 is 44.9. The van der Waals surface area contributed by atoms with Gasteiger partial charge in [0.15, 0.2) is 11.5 Å². The summed E-state index contributed by atoms with van der Waals surface area (Å²) in [5.74, 6) is -1.70. The molecule has 8 heterocycles. The zero-order valence-corrected chi connectivity index (χ0v) is 65.0. The van der Waals surface area contributed by atoms with Gasteiger partial charge in [-0.3, -0.25) is 28.8 Å². The van der Waals surface area contributed by atoms with Gasteiger partial charge in [-0.1, -0.05) is 48.7 Å². The van der Waals surface area contributed by atoms with Crippen LogP contribution in [0.5, 0.6) is 0 Å². The number of nitrogens with zero attached hydrogens (tertiary/aromatic N) is 11. The van der Waals surface area contributed by atoms with E-state index in [1.807, 2.05) is 104 Å². The molecule has 27 heteroatoms. The molecule has 3 aliphatic rings. The Hall–Kier alpha value is -10.6. The van der Waals surface area contributed by atoms with Crippen molar-refractivity contribution in [1.29, 1.82) is 0 Å². The van der Waals surface area contributed by atoms with Crippen LogP contribution < -0.4 is 31.4 Å². The molecule has 0 atom stereocenters. The van der Waals surface area contributed by atoms with Gasteiger partial charge in [-0.2, -0.15) is 0 Å². The lowest BCUT2D eigenvalue weighted by Gasteiger charge is -2.37. The molecule has 3 amide bonds. The first-order valence-electron chi connectivity index (χ1n) is 37.3. The summed E-state index contributed by atoms with van der Waals surface area (Å²) >= 11 is 6.37. The van der Waals surface area contributed by atoms with Crippen molar-refractivity contribution in [3.8, 4) is 0 Å². The summed E-state index contributed by atoms with van der Waals surface area (Å²) in [6.07, 6.45) is 5.54. The Morgan fingerprint density at radius 1 is 0.468 bits per heavy atom. The molecule has 580 valence electrons. The number of carbonyl (C=O) groups is 6. The van der Waals surface area contributed by atoms with E-state index < -0.39 is 29.3 Å². The number of aromatic nitrogens is 3. The fourth-order valence-electron chi connectivity index (χ4n) is 14.1. The number of carbonyl (C=O) groups excluding carboxylic acids is 6. The van der Waals surface area contributed by atoms with Gasteiger partial charge < -0.3 is 75.9 Å². The number of aryl methyl sites for hydroxylation is 4. The predicted octanol–water partition coefficient (Wildman–Crippen LogP) is 11.0. The minimum Gasteiger partial charge on any atom is -0.462 e. The molecule has 3 fully saturated rings. The molecule has 0 spiro atoms. The van der Waals surface area contributed by atoms with E-state index in [-0.39, 0.29) is 71.1 Å². The minimum atomic E-state index is -0.665. The molecule has 4 aromatic carbocycles. The quantitative estimate of drug-likeness (QED) is 0.0426. The Kier molecular flexibility index (Phi) is 27.5. The molecule has 0 N–H and O–H groups in total. The van der Waals surface area contributed by atoms with Crippen molar-refractivity contribution < 1.29 is 56.2 Å². The number of rotatable bonds is 23. The number of fused-ring (bicyclic) bond motifs is 3. The van der Waals surface area contributed by atoms with Gasteiger partial charge in [0.25, 0.3) is 34.4 Å². The van der Waals surface area contributed by atoms with E-state index in [9.17, 15) is 47.5 Å². The number of piperazine rings is 3.